The molecule has 1 heterocycles. The Morgan fingerprint density at radius 1 is 1.35 bits per heavy atom. The summed E-state index contributed by atoms with van der Waals surface area (Å²) in [6, 6.07) is 5.10. The van der Waals surface area contributed by atoms with Gasteiger partial charge in [-0.15, -0.1) is 11.8 Å². The van der Waals surface area contributed by atoms with Crippen LogP contribution in [-0.2, 0) is 4.74 Å². The van der Waals surface area contributed by atoms with Crippen LogP contribution in [0.1, 0.15) is 17.3 Å². The number of nitrogens with zero attached hydrogens (tertiary/aromatic N) is 2. The quantitative estimate of drug-likeness (QED) is 0.625. The summed E-state index contributed by atoms with van der Waals surface area (Å²) in [6.45, 7) is 2.08. The molecule has 0 aliphatic carbocycles. The van der Waals surface area contributed by atoms with Gasteiger partial charge in [0, 0.05) is 10.0 Å². The summed E-state index contributed by atoms with van der Waals surface area (Å²) >= 11 is 13.4. The molecule has 0 amide bonds. The first-order valence-corrected chi connectivity index (χ1v) is 7.80. The van der Waals surface area contributed by atoms with Crippen molar-refractivity contribution < 1.29 is 9.53 Å². The maximum absolute atomic E-state index is 11.9. The van der Waals surface area contributed by atoms with E-state index in [1.807, 2.05) is 6.26 Å². The molecule has 0 saturated carbocycles. The van der Waals surface area contributed by atoms with Gasteiger partial charge in [-0.05, 0) is 31.4 Å². The number of carbonyl (C=O) groups excluding carboxylic acids is 1. The van der Waals surface area contributed by atoms with Crippen LogP contribution in [0, 0.1) is 0 Å². The Hall–Kier alpha value is -1.17. The Bertz CT molecular complexity index is 623. The van der Waals surface area contributed by atoms with Crippen molar-refractivity contribution in [3.05, 3.63) is 40.0 Å². The van der Waals surface area contributed by atoms with Crippen molar-refractivity contribution in [2.75, 3.05) is 12.9 Å². The Morgan fingerprint density at radius 2 is 2.00 bits per heavy atom. The smallest absolute Gasteiger partial charge is 0.342 e. The van der Waals surface area contributed by atoms with Crippen LogP contribution in [0.15, 0.2) is 29.4 Å². The first-order chi connectivity index (χ1) is 9.56. The lowest BCUT2D eigenvalue weighted by molar-refractivity contribution is 0.0522. The van der Waals surface area contributed by atoms with Gasteiger partial charge >= 0.3 is 5.97 Å². The molecule has 20 heavy (non-hydrogen) atoms. The maximum Gasteiger partial charge on any atom is 0.342 e. The fourth-order valence-corrected chi connectivity index (χ4v) is 2.92. The average molecular weight is 331 g/mol. The molecular formula is C13H12Cl2N2O2S. The molecule has 0 saturated heterocycles. The van der Waals surface area contributed by atoms with E-state index >= 15 is 0 Å². The van der Waals surface area contributed by atoms with Gasteiger partial charge in [-0.25, -0.2) is 9.48 Å². The number of thioether (sulfide) groups is 1. The number of benzene rings is 1. The molecule has 0 radical (unpaired) electrons. The van der Waals surface area contributed by atoms with Gasteiger partial charge in [0.2, 0.25) is 0 Å². The molecule has 7 heteroatoms. The highest BCUT2D eigenvalue weighted by atomic mass is 35.5. The average Bonchev–Trinajstić information content (AvgIpc) is 2.81. The van der Waals surface area contributed by atoms with Gasteiger partial charge in [0.15, 0.2) is 0 Å². The fourth-order valence-electron chi connectivity index (χ4n) is 1.73. The SMILES string of the molecule is CCOC(=O)c1cnn(-c2cc(Cl)cc(Cl)c2)c1SC. The van der Waals surface area contributed by atoms with Crippen molar-refractivity contribution in [2.45, 2.75) is 11.9 Å². The Labute approximate surface area is 131 Å². The monoisotopic (exact) mass is 330 g/mol. The highest BCUT2D eigenvalue weighted by molar-refractivity contribution is 7.98. The van der Waals surface area contributed by atoms with E-state index < -0.39 is 5.97 Å². The largest absolute Gasteiger partial charge is 0.462 e. The van der Waals surface area contributed by atoms with E-state index in [4.69, 9.17) is 27.9 Å². The molecule has 0 N–H and O–H groups in total. The van der Waals surface area contributed by atoms with Crippen LogP contribution in [0.4, 0.5) is 0 Å². The number of carbonyl (C=O) groups is 1. The van der Waals surface area contributed by atoms with Crippen LogP contribution in [0.5, 0.6) is 0 Å². The summed E-state index contributed by atoms with van der Waals surface area (Å²) in [5.74, 6) is -0.392. The minimum absolute atomic E-state index is 0.320. The lowest BCUT2D eigenvalue weighted by Crippen LogP contribution is -2.06. The minimum Gasteiger partial charge on any atom is -0.462 e. The number of rotatable bonds is 4. The fraction of sp³-hybridized carbons (Fsp3) is 0.231. The van der Waals surface area contributed by atoms with Crippen molar-refractivity contribution >= 4 is 40.9 Å². The number of ether oxygens (including phenoxy) is 1. The third kappa shape index (κ3) is 3.11. The molecule has 0 spiro atoms. The summed E-state index contributed by atoms with van der Waals surface area (Å²) < 4.78 is 6.63. The van der Waals surface area contributed by atoms with E-state index in [-0.39, 0.29) is 0 Å². The zero-order chi connectivity index (χ0) is 14.7. The molecule has 4 nitrogen and oxygen atoms in total. The van der Waals surface area contributed by atoms with Crippen molar-refractivity contribution in [3.63, 3.8) is 0 Å². The summed E-state index contributed by atoms with van der Waals surface area (Å²) in [4.78, 5) is 11.9. The molecule has 1 aromatic heterocycles. The third-order valence-corrected chi connectivity index (χ3v) is 3.72. The van der Waals surface area contributed by atoms with Crippen LogP contribution in [0.2, 0.25) is 10.0 Å². The van der Waals surface area contributed by atoms with Crippen molar-refractivity contribution in [1.82, 2.24) is 9.78 Å². The van der Waals surface area contributed by atoms with Gasteiger partial charge in [-0.1, -0.05) is 23.2 Å². The van der Waals surface area contributed by atoms with Crippen LogP contribution in [0.25, 0.3) is 5.69 Å². The molecule has 2 rings (SSSR count). The molecule has 0 aliphatic heterocycles. The summed E-state index contributed by atoms with van der Waals surface area (Å²) in [7, 11) is 0. The third-order valence-electron chi connectivity index (χ3n) is 2.51. The first kappa shape index (κ1) is 15.2. The van der Waals surface area contributed by atoms with Crippen LogP contribution in [-0.4, -0.2) is 28.6 Å². The summed E-state index contributed by atoms with van der Waals surface area (Å²) in [5.41, 5.74) is 1.12. The number of aromatic nitrogens is 2. The van der Waals surface area contributed by atoms with Gasteiger partial charge in [0.1, 0.15) is 10.6 Å². The van der Waals surface area contributed by atoms with Gasteiger partial charge in [0.25, 0.3) is 0 Å². The lowest BCUT2D eigenvalue weighted by atomic mass is 10.3. The number of halogens is 2. The zero-order valence-corrected chi connectivity index (χ0v) is 13.2. The van der Waals surface area contributed by atoms with E-state index in [2.05, 4.69) is 5.10 Å². The summed E-state index contributed by atoms with van der Waals surface area (Å²) in [6.07, 6.45) is 3.35. The molecule has 0 aliphatic rings. The molecule has 0 unspecified atom stereocenters. The van der Waals surface area contributed by atoms with Crippen LogP contribution in [0.3, 0.4) is 0 Å². The Balaban J connectivity index is 2.50. The van der Waals surface area contributed by atoms with Crippen molar-refractivity contribution in [2.24, 2.45) is 0 Å². The molecular weight excluding hydrogens is 319 g/mol. The standard InChI is InChI=1S/C13H12Cl2N2O2S/c1-3-19-13(18)11-7-16-17(12(11)20-2)10-5-8(14)4-9(15)6-10/h4-7H,3H2,1-2H3. The second kappa shape index (κ2) is 6.52. The minimum atomic E-state index is -0.392. The molecule has 0 fully saturated rings. The topological polar surface area (TPSA) is 44.1 Å². The highest BCUT2D eigenvalue weighted by Crippen LogP contribution is 2.28. The van der Waals surface area contributed by atoms with Crippen LogP contribution >= 0.6 is 35.0 Å². The number of hydrogen-bond donors (Lipinski definition) is 0. The molecule has 0 bridgehead atoms. The summed E-state index contributed by atoms with van der Waals surface area (Å²) in [5, 5.41) is 5.92. The predicted octanol–water partition coefficient (Wildman–Crippen LogP) is 4.08. The Kier molecular flexibility index (Phi) is 4.96. The second-order valence-electron chi connectivity index (χ2n) is 3.83. The van der Waals surface area contributed by atoms with Gasteiger partial charge in [-0.2, -0.15) is 5.10 Å². The first-order valence-electron chi connectivity index (χ1n) is 5.82. The van der Waals surface area contributed by atoms with E-state index in [0.29, 0.717) is 32.9 Å². The van der Waals surface area contributed by atoms with Crippen molar-refractivity contribution in [1.29, 1.82) is 0 Å². The van der Waals surface area contributed by atoms with E-state index in [0.717, 1.165) is 0 Å². The second-order valence-corrected chi connectivity index (χ2v) is 5.50. The zero-order valence-electron chi connectivity index (χ0n) is 10.9. The van der Waals surface area contributed by atoms with Gasteiger partial charge in [-0.3, -0.25) is 0 Å². The molecule has 2 aromatic rings. The molecule has 106 valence electrons. The van der Waals surface area contributed by atoms with Crippen LogP contribution < -0.4 is 0 Å². The van der Waals surface area contributed by atoms with Gasteiger partial charge in [0.05, 0.1) is 18.5 Å². The van der Waals surface area contributed by atoms with E-state index in [9.17, 15) is 4.79 Å². The van der Waals surface area contributed by atoms with E-state index in [1.165, 1.54) is 18.0 Å². The number of hydrogen-bond acceptors (Lipinski definition) is 4. The lowest BCUT2D eigenvalue weighted by Gasteiger charge is -2.08. The Morgan fingerprint density at radius 3 is 2.55 bits per heavy atom. The number of esters is 1. The maximum atomic E-state index is 11.9. The molecule has 1 aromatic carbocycles. The predicted molar refractivity (Wildman–Crippen MR) is 81.3 cm³/mol. The highest BCUT2D eigenvalue weighted by Gasteiger charge is 2.19. The van der Waals surface area contributed by atoms with Crippen molar-refractivity contribution in [3.8, 4) is 5.69 Å². The van der Waals surface area contributed by atoms with Gasteiger partial charge < -0.3 is 4.74 Å². The van der Waals surface area contributed by atoms with E-state index in [1.54, 1.807) is 29.8 Å². The molecule has 0 atom stereocenters. The normalized spacial score (nSPS) is 10.6.